The summed E-state index contributed by atoms with van der Waals surface area (Å²) in [7, 11) is 0. The maximum absolute atomic E-state index is 11.8. The van der Waals surface area contributed by atoms with Gasteiger partial charge in [0.25, 0.3) is 0 Å². The average molecular weight is 280 g/mol. The molecule has 1 aliphatic heterocycles. The lowest BCUT2D eigenvalue weighted by atomic mass is 10.2. The third-order valence-electron chi connectivity index (χ3n) is 3.70. The molecule has 0 bridgehead atoms. The van der Waals surface area contributed by atoms with Gasteiger partial charge in [0.1, 0.15) is 0 Å². The van der Waals surface area contributed by atoms with Gasteiger partial charge >= 0.3 is 0 Å². The lowest BCUT2D eigenvalue weighted by molar-refractivity contribution is -0.121. The number of carbonyl (C=O) groups is 1. The van der Waals surface area contributed by atoms with Crippen molar-refractivity contribution in [3.8, 4) is 0 Å². The first-order chi connectivity index (χ1) is 9.31. The minimum atomic E-state index is 0.197. The molecule has 1 saturated heterocycles. The van der Waals surface area contributed by atoms with Crippen molar-refractivity contribution in [2.45, 2.75) is 45.1 Å². The number of nitrogens with one attached hydrogen (secondary N) is 1. The third kappa shape index (κ3) is 4.32. The molecule has 106 valence electrons. The molecule has 1 aromatic heterocycles. The zero-order valence-electron chi connectivity index (χ0n) is 11.7. The van der Waals surface area contributed by atoms with E-state index in [2.05, 4.69) is 34.7 Å². The quantitative estimate of drug-likeness (QED) is 0.832. The summed E-state index contributed by atoms with van der Waals surface area (Å²) in [6.45, 7) is 5.19. The summed E-state index contributed by atoms with van der Waals surface area (Å²) in [6.07, 6.45) is 5.29. The number of nitrogens with zero attached hydrogens (tertiary/aromatic N) is 1. The molecule has 1 aromatic rings. The van der Waals surface area contributed by atoms with Crippen molar-refractivity contribution in [2.24, 2.45) is 0 Å². The van der Waals surface area contributed by atoms with Crippen molar-refractivity contribution < 1.29 is 4.79 Å². The van der Waals surface area contributed by atoms with Crippen LogP contribution in [-0.4, -0.2) is 30.4 Å². The zero-order valence-corrected chi connectivity index (χ0v) is 12.5. The van der Waals surface area contributed by atoms with Crippen LogP contribution in [0.5, 0.6) is 0 Å². The number of rotatable bonds is 7. The van der Waals surface area contributed by atoms with Crippen molar-refractivity contribution in [1.29, 1.82) is 0 Å². The number of hydrogen-bond donors (Lipinski definition) is 1. The Kier molecular flexibility index (Phi) is 5.86. The van der Waals surface area contributed by atoms with Gasteiger partial charge in [-0.05, 0) is 43.8 Å². The Bertz CT molecular complexity index is 372. The summed E-state index contributed by atoms with van der Waals surface area (Å²) >= 11 is 1.79. The maximum atomic E-state index is 11.8. The second-order valence-electron chi connectivity index (χ2n) is 5.18. The molecular formula is C15H24N2OS. The fraction of sp³-hybridized carbons (Fsp3) is 0.667. The van der Waals surface area contributed by atoms with Gasteiger partial charge in [-0.1, -0.05) is 19.4 Å². The molecule has 0 radical (unpaired) electrons. The van der Waals surface area contributed by atoms with E-state index in [1.54, 1.807) is 11.3 Å². The summed E-state index contributed by atoms with van der Waals surface area (Å²) in [6, 6.07) is 4.65. The monoisotopic (exact) mass is 280 g/mol. The summed E-state index contributed by atoms with van der Waals surface area (Å²) < 4.78 is 0. The first kappa shape index (κ1) is 14.5. The molecule has 1 aliphatic rings. The molecule has 0 spiro atoms. The van der Waals surface area contributed by atoms with Crippen LogP contribution in [0.2, 0.25) is 0 Å². The van der Waals surface area contributed by atoms with Gasteiger partial charge in [-0.25, -0.2) is 0 Å². The standard InChI is InChI=1S/C15H24N2OS/c1-2-3-8-15(18)16-12-13(14-7-6-11-19-14)17-9-4-5-10-17/h6-7,11,13H,2-5,8-10,12H2,1H3,(H,16,18). The lowest BCUT2D eigenvalue weighted by Crippen LogP contribution is -2.36. The largest absolute Gasteiger partial charge is 0.354 e. The van der Waals surface area contributed by atoms with Crippen LogP contribution in [0.25, 0.3) is 0 Å². The molecule has 1 atom stereocenters. The Morgan fingerprint density at radius 2 is 2.26 bits per heavy atom. The normalized spacial score (nSPS) is 17.5. The highest BCUT2D eigenvalue weighted by Crippen LogP contribution is 2.27. The molecular weight excluding hydrogens is 256 g/mol. The van der Waals surface area contributed by atoms with Gasteiger partial charge in [0.15, 0.2) is 0 Å². The van der Waals surface area contributed by atoms with E-state index in [1.165, 1.54) is 17.7 Å². The number of amides is 1. The lowest BCUT2D eigenvalue weighted by Gasteiger charge is -2.26. The molecule has 1 amide bonds. The predicted octanol–water partition coefficient (Wildman–Crippen LogP) is 3.19. The van der Waals surface area contributed by atoms with Gasteiger partial charge in [0.2, 0.25) is 5.91 Å². The van der Waals surface area contributed by atoms with Crippen molar-refractivity contribution in [3.63, 3.8) is 0 Å². The molecule has 2 heterocycles. The highest BCUT2D eigenvalue weighted by atomic mass is 32.1. The van der Waals surface area contributed by atoms with Crippen LogP contribution < -0.4 is 5.32 Å². The highest BCUT2D eigenvalue weighted by Gasteiger charge is 2.24. The number of thiophene rings is 1. The minimum Gasteiger partial charge on any atom is -0.354 e. The van der Waals surface area contributed by atoms with Gasteiger partial charge < -0.3 is 5.32 Å². The smallest absolute Gasteiger partial charge is 0.220 e. The minimum absolute atomic E-state index is 0.197. The van der Waals surface area contributed by atoms with Crippen LogP contribution in [0, 0.1) is 0 Å². The van der Waals surface area contributed by atoms with Crippen LogP contribution in [0.3, 0.4) is 0 Å². The number of carbonyl (C=O) groups excluding carboxylic acids is 1. The van der Waals surface area contributed by atoms with Crippen molar-refractivity contribution in [1.82, 2.24) is 10.2 Å². The van der Waals surface area contributed by atoms with Gasteiger partial charge in [0, 0.05) is 17.8 Å². The van der Waals surface area contributed by atoms with E-state index < -0.39 is 0 Å². The first-order valence-electron chi connectivity index (χ1n) is 7.35. The van der Waals surface area contributed by atoms with Crippen LogP contribution in [0.15, 0.2) is 17.5 Å². The van der Waals surface area contributed by atoms with E-state index in [0.29, 0.717) is 12.5 Å². The summed E-state index contributed by atoms with van der Waals surface area (Å²) in [4.78, 5) is 15.6. The maximum Gasteiger partial charge on any atom is 0.220 e. The average Bonchev–Trinajstić information content (AvgIpc) is 3.09. The number of unbranched alkanes of at least 4 members (excludes halogenated alkanes) is 1. The fourth-order valence-electron chi connectivity index (χ4n) is 2.58. The van der Waals surface area contributed by atoms with Gasteiger partial charge in [-0.3, -0.25) is 9.69 Å². The highest BCUT2D eigenvalue weighted by molar-refractivity contribution is 7.10. The molecule has 1 fully saturated rings. The fourth-order valence-corrected chi connectivity index (χ4v) is 3.44. The topological polar surface area (TPSA) is 32.3 Å². The van der Waals surface area contributed by atoms with E-state index in [9.17, 15) is 4.79 Å². The molecule has 3 nitrogen and oxygen atoms in total. The Hall–Kier alpha value is -0.870. The molecule has 19 heavy (non-hydrogen) atoms. The Labute approximate surface area is 120 Å². The first-order valence-corrected chi connectivity index (χ1v) is 8.23. The Morgan fingerprint density at radius 1 is 1.47 bits per heavy atom. The van der Waals surface area contributed by atoms with Crippen molar-refractivity contribution in [2.75, 3.05) is 19.6 Å². The zero-order chi connectivity index (χ0) is 13.5. The molecule has 1 N–H and O–H groups in total. The summed E-state index contributed by atoms with van der Waals surface area (Å²) in [5.74, 6) is 0.197. The summed E-state index contributed by atoms with van der Waals surface area (Å²) in [5.41, 5.74) is 0. The van der Waals surface area contributed by atoms with Gasteiger partial charge in [0.05, 0.1) is 6.04 Å². The van der Waals surface area contributed by atoms with Crippen LogP contribution in [-0.2, 0) is 4.79 Å². The van der Waals surface area contributed by atoms with E-state index in [1.807, 2.05) is 0 Å². The third-order valence-corrected chi connectivity index (χ3v) is 4.68. The van der Waals surface area contributed by atoms with Crippen molar-refractivity contribution >= 4 is 17.2 Å². The van der Waals surface area contributed by atoms with Crippen LogP contribution in [0.1, 0.15) is 49.9 Å². The van der Waals surface area contributed by atoms with E-state index in [-0.39, 0.29) is 5.91 Å². The van der Waals surface area contributed by atoms with Gasteiger partial charge in [-0.2, -0.15) is 0 Å². The molecule has 1 unspecified atom stereocenters. The second kappa shape index (κ2) is 7.65. The molecule has 2 rings (SSSR count). The Morgan fingerprint density at radius 3 is 2.89 bits per heavy atom. The molecule has 0 aliphatic carbocycles. The summed E-state index contributed by atoms with van der Waals surface area (Å²) in [5, 5.41) is 5.23. The molecule has 0 aromatic carbocycles. The molecule has 4 heteroatoms. The van der Waals surface area contributed by atoms with Gasteiger partial charge in [-0.15, -0.1) is 11.3 Å². The SMILES string of the molecule is CCCCC(=O)NCC(c1cccs1)N1CCCC1. The number of hydrogen-bond acceptors (Lipinski definition) is 3. The van der Waals surface area contributed by atoms with E-state index >= 15 is 0 Å². The van der Waals surface area contributed by atoms with E-state index in [0.717, 1.165) is 32.5 Å². The second-order valence-corrected chi connectivity index (χ2v) is 6.16. The van der Waals surface area contributed by atoms with E-state index in [4.69, 9.17) is 0 Å². The van der Waals surface area contributed by atoms with Crippen molar-refractivity contribution in [3.05, 3.63) is 22.4 Å². The number of likely N-dealkylation sites (tertiary alicyclic amines) is 1. The predicted molar refractivity (Wildman–Crippen MR) is 80.4 cm³/mol. The Balaban J connectivity index is 1.89. The molecule has 0 saturated carbocycles. The van der Waals surface area contributed by atoms with Crippen LogP contribution >= 0.6 is 11.3 Å². The van der Waals surface area contributed by atoms with Crippen LogP contribution in [0.4, 0.5) is 0 Å².